The van der Waals surface area contributed by atoms with Crippen LogP contribution >= 0.6 is 15.9 Å². The van der Waals surface area contributed by atoms with Crippen molar-refractivity contribution in [3.63, 3.8) is 0 Å². The van der Waals surface area contributed by atoms with Gasteiger partial charge in [0.05, 0.1) is 5.56 Å². The van der Waals surface area contributed by atoms with Crippen molar-refractivity contribution in [1.29, 1.82) is 5.26 Å². The van der Waals surface area contributed by atoms with E-state index in [0.717, 1.165) is 4.47 Å². The molecule has 94 valence electrons. The number of carbonyl (C=O) groups excluding carboxylic acids is 1. The van der Waals surface area contributed by atoms with E-state index < -0.39 is 0 Å². The first-order chi connectivity index (χ1) is 9.22. The molecule has 0 unspecified atom stereocenters. The molecule has 0 radical (unpaired) electrons. The molecule has 0 saturated heterocycles. The van der Waals surface area contributed by atoms with Crippen molar-refractivity contribution < 1.29 is 9.53 Å². The fourth-order valence-electron chi connectivity index (χ4n) is 1.59. The summed E-state index contributed by atoms with van der Waals surface area (Å²) in [6, 6.07) is 16.0. The molecular weight excluding hydrogens is 306 g/mol. The Morgan fingerprint density at radius 1 is 1.16 bits per heavy atom. The molecule has 0 N–H and O–H groups in total. The van der Waals surface area contributed by atoms with Crippen LogP contribution in [0.25, 0.3) is 0 Å². The third-order valence-electron chi connectivity index (χ3n) is 2.54. The highest BCUT2D eigenvalue weighted by Crippen LogP contribution is 2.19. The summed E-state index contributed by atoms with van der Waals surface area (Å²) in [4.78, 5) is 12.0. The van der Waals surface area contributed by atoms with Gasteiger partial charge in [-0.3, -0.25) is 4.79 Å². The molecule has 2 aromatic carbocycles. The van der Waals surface area contributed by atoms with Crippen LogP contribution in [0.4, 0.5) is 0 Å². The van der Waals surface area contributed by atoms with Gasteiger partial charge in [0.25, 0.3) is 0 Å². The molecule has 0 saturated carbocycles. The van der Waals surface area contributed by atoms with Crippen molar-refractivity contribution in [2.45, 2.75) is 0 Å². The summed E-state index contributed by atoms with van der Waals surface area (Å²) >= 11 is 3.32. The van der Waals surface area contributed by atoms with E-state index in [2.05, 4.69) is 15.9 Å². The van der Waals surface area contributed by atoms with Crippen LogP contribution in [0.15, 0.2) is 53.0 Å². The van der Waals surface area contributed by atoms with E-state index in [1.165, 1.54) is 0 Å². The van der Waals surface area contributed by atoms with Crippen LogP contribution in [0.2, 0.25) is 0 Å². The molecule has 0 heterocycles. The Morgan fingerprint density at radius 2 is 1.84 bits per heavy atom. The lowest BCUT2D eigenvalue weighted by molar-refractivity contribution is 0.0920. The first kappa shape index (κ1) is 13.3. The van der Waals surface area contributed by atoms with Crippen LogP contribution in [-0.2, 0) is 0 Å². The fourth-order valence-corrected chi connectivity index (χ4v) is 2.10. The monoisotopic (exact) mass is 315 g/mol. The maximum atomic E-state index is 12.0. The van der Waals surface area contributed by atoms with Gasteiger partial charge in [-0.25, -0.2) is 0 Å². The second-order valence-electron chi connectivity index (χ2n) is 3.80. The first-order valence-electron chi connectivity index (χ1n) is 5.62. The summed E-state index contributed by atoms with van der Waals surface area (Å²) in [5, 5.41) is 8.92. The number of ether oxygens (including phenoxy) is 1. The predicted molar refractivity (Wildman–Crippen MR) is 75.1 cm³/mol. The highest BCUT2D eigenvalue weighted by molar-refractivity contribution is 9.10. The molecule has 0 aliphatic carbocycles. The topological polar surface area (TPSA) is 50.1 Å². The number of nitrogens with zero attached hydrogens (tertiary/aromatic N) is 1. The highest BCUT2D eigenvalue weighted by atomic mass is 79.9. The number of para-hydroxylation sites is 1. The zero-order chi connectivity index (χ0) is 13.7. The van der Waals surface area contributed by atoms with E-state index >= 15 is 0 Å². The van der Waals surface area contributed by atoms with E-state index in [1.807, 2.05) is 12.1 Å². The Hall–Kier alpha value is -2.12. The molecule has 0 bridgehead atoms. The van der Waals surface area contributed by atoms with Crippen molar-refractivity contribution in [1.82, 2.24) is 0 Å². The molecule has 4 heteroatoms. The molecule has 0 fully saturated rings. The van der Waals surface area contributed by atoms with E-state index in [9.17, 15) is 4.79 Å². The van der Waals surface area contributed by atoms with Crippen molar-refractivity contribution in [3.05, 3.63) is 64.1 Å². The maximum absolute atomic E-state index is 12.0. The van der Waals surface area contributed by atoms with Crippen molar-refractivity contribution >= 4 is 21.7 Å². The molecule has 19 heavy (non-hydrogen) atoms. The van der Waals surface area contributed by atoms with Crippen molar-refractivity contribution in [3.8, 4) is 11.8 Å². The third-order valence-corrected chi connectivity index (χ3v) is 3.23. The predicted octanol–water partition coefficient (Wildman–Crippen LogP) is 3.58. The van der Waals surface area contributed by atoms with Crippen molar-refractivity contribution in [2.75, 3.05) is 6.61 Å². The Morgan fingerprint density at radius 3 is 2.58 bits per heavy atom. The normalized spacial score (nSPS) is 9.68. The molecular formula is C15H10BrNO2. The number of nitriles is 1. The summed E-state index contributed by atoms with van der Waals surface area (Å²) in [6.07, 6.45) is 0. The molecule has 2 rings (SSSR count). The van der Waals surface area contributed by atoms with E-state index in [0.29, 0.717) is 16.9 Å². The van der Waals surface area contributed by atoms with E-state index in [-0.39, 0.29) is 12.4 Å². The Bertz CT molecular complexity index is 647. The molecule has 3 nitrogen and oxygen atoms in total. The lowest BCUT2D eigenvalue weighted by atomic mass is 10.1. The Balaban J connectivity index is 2.10. The minimum Gasteiger partial charge on any atom is -0.484 e. The minimum absolute atomic E-state index is 0.0959. The number of ketones is 1. The van der Waals surface area contributed by atoms with Gasteiger partial charge in [0.15, 0.2) is 6.61 Å². The van der Waals surface area contributed by atoms with Gasteiger partial charge in [-0.2, -0.15) is 5.26 Å². The van der Waals surface area contributed by atoms with Gasteiger partial charge in [-0.05, 0) is 18.2 Å². The number of Topliss-reactive ketones (excluding diaryl/α,β-unsaturated/α-hetero) is 1. The molecule has 0 atom stereocenters. The zero-order valence-corrected chi connectivity index (χ0v) is 11.6. The van der Waals surface area contributed by atoms with Crippen LogP contribution < -0.4 is 4.74 Å². The van der Waals surface area contributed by atoms with Crippen LogP contribution in [0.5, 0.6) is 5.75 Å². The molecule has 2 aromatic rings. The Kier molecular flexibility index (Phi) is 4.32. The lowest BCUT2D eigenvalue weighted by Crippen LogP contribution is -2.12. The molecule has 0 spiro atoms. The second kappa shape index (κ2) is 6.17. The largest absolute Gasteiger partial charge is 0.484 e. The smallest absolute Gasteiger partial charge is 0.201 e. The summed E-state index contributed by atoms with van der Waals surface area (Å²) in [5.41, 5.74) is 0.986. The number of rotatable bonds is 4. The van der Waals surface area contributed by atoms with Crippen LogP contribution in [0.3, 0.4) is 0 Å². The van der Waals surface area contributed by atoms with Gasteiger partial charge in [-0.1, -0.05) is 46.3 Å². The maximum Gasteiger partial charge on any atom is 0.201 e. The van der Waals surface area contributed by atoms with Gasteiger partial charge in [0.2, 0.25) is 5.78 Å². The van der Waals surface area contributed by atoms with Crippen LogP contribution in [-0.4, -0.2) is 12.4 Å². The molecule has 0 aliphatic rings. The van der Waals surface area contributed by atoms with Gasteiger partial charge in [0, 0.05) is 10.0 Å². The standard InChI is InChI=1S/C15H10BrNO2/c16-13-7-3-2-6-12(13)14(18)10-19-15-8-4-1-5-11(15)9-17/h1-8H,10H2. The number of hydrogen-bond donors (Lipinski definition) is 0. The molecule has 0 aromatic heterocycles. The van der Waals surface area contributed by atoms with Crippen LogP contribution in [0.1, 0.15) is 15.9 Å². The Labute approximate surface area is 119 Å². The SMILES string of the molecule is N#Cc1ccccc1OCC(=O)c1ccccc1Br. The zero-order valence-electron chi connectivity index (χ0n) is 9.97. The number of carbonyl (C=O) groups is 1. The quantitative estimate of drug-likeness (QED) is 0.810. The van der Waals surface area contributed by atoms with Gasteiger partial charge >= 0.3 is 0 Å². The third kappa shape index (κ3) is 3.21. The molecule has 0 aliphatic heterocycles. The fraction of sp³-hybridized carbons (Fsp3) is 0.0667. The lowest BCUT2D eigenvalue weighted by Gasteiger charge is -2.07. The van der Waals surface area contributed by atoms with Gasteiger partial charge in [0.1, 0.15) is 11.8 Å². The summed E-state index contributed by atoms with van der Waals surface area (Å²) < 4.78 is 6.14. The molecule has 0 amide bonds. The van der Waals surface area contributed by atoms with Crippen molar-refractivity contribution in [2.24, 2.45) is 0 Å². The van der Waals surface area contributed by atoms with Crippen LogP contribution in [0, 0.1) is 11.3 Å². The number of benzene rings is 2. The number of hydrogen-bond acceptors (Lipinski definition) is 3. The van der Waals surface area contributed by atoms with Gasteiger partial charge in [-0.15, -0.1) is 0 Å². The van der Waals surface area contributed by atoms with E-state index in [1.54, 1.807) is 42.5 Å². The van der Waals surface area contributed by atoms with Gasteiger partial charge < -0.3 is 4.74 Å². The highest BCUT2D eigenvalue weighted by Gasteiger charge is 2.11. The summed E-state index contributed by atoms with van der Waals surface area (Å²) in [6.45, 7) is -0.0959. The summed E-state index contributed by atoms with van der Waals surface area (Å²) in [7, 11) is 0. The van der Waals surface area contributed by atoms with E-state index in [4.69, 9.17) is 10.00 Å². The second-order valence-corrected chi connectivity index (χ2v) is 4.65. The minimum atomic E-state index is -0.139. The summed E-state index contributed by atoms with van der Waals surface area (Å²) in [5.74, 6) is 0.283. The average molecular weight is 316 g/mol. The average Bonchev–Trinajstić information content (AvgIpc) is 2.45. The number of halogens is 1. The first-order valence-corrected chi connectivity index (χ1v) is 6.41.